The Bertz CT molecular complexity index is 603. The van der Waals surface area contributed by atoms with Gasteiger partial charge in [0.2, 0.25) is 0 Å². The van der Waals surface area contributed by atoms with Crippen molar-refractivity contribution < 1.29 is 4.74 Å². The van der Waals surface area contributed by atoms with Crippen molar-refractivity contribution in [2.45, 2.75) is 19.4 Å². The average Bonchev–Trinajstić information content (AvgIpc) is 2.49. The lowest BCUT2D eigenvalue weighted by atomic mass is 9.98. The zero-order chi connectivity index (χ0) is 15.2. The van der Waals surface area contributed by atoms with Crippen LogP contribution in [0.25, 0.3) is 0 Å². The van der Waals surface area contributed by atoms with Gasteiger partial charge in [0, 0.05) is 11.1 Å². The molecule has 0 aromatic heterocycles. The Morgan fingerprint density at radius 3 is 2.62 bits per heavy atom. The van der Waals surface area contributed by atoms with Crippen LogP contribution >= 0.6 is 27.5 Å². The number of nitrogens with one attached hydrogen (secondary N) is 1. The second kappa shape index (κ2) is 7.83. The zero-order valence-electron chi connectivity index (χ0n) is 12.2. The van der Waals surface area contributed by atoms with Gasteiger partial charge in [-0.05, 0) is 58.2 Å². The van der Waals surface area contributed by atoms with Crippen molar-refractivity contribution in [1.82, 2.24) is 5.32 Å². The summed E-state index contributed by atoms with van der Waals surface area (Å²) in [6, 6.07) is 14.4. The third-order valence-electron chi connectivity index (χ3n) is 3.41. The maximum Gasteiger partial charge on any atom is 0.133 e. The fraction of sp³-hybridized carbons (Fsp3) is 0.294. The highest BCUT2D eigenvalue weighted by molar-refractivity contribution is 9.10. The first-order valence-corrected chi connectivity index (χ1v) is 8.13. The molecule has 0 radical (unpaired) electrons. The molecule has 112 valence electrons. The molecule has 0 fully saturated rings. The van der Waals surface area contributed by atoms with Crippen LogP contribution in [0.15, 0.2) is 46.9 Å². The van der Waals surface area contributed by atoms with Gasteiger partial charge in [0.05, 0.1) is 11.6 Å². The van der Waals surface area contributed by atoms with E-state index in [0.717, 1.165) is 33.8 Å². The average molecular weight is 369 g/mol. The molecule has 0 saturated heterocycles. The van der Waals surface area contributed by atoms with Gasteiger partial charge in [0.15, 0.2) is 0 Å². The molecule has 1 unspecified atom stereocenters. The summed E-state index contributed by atoms with van der Waals surface area (Å²) < 4.78 is 6.25. The lowest BCUT2D eigenvalue weighted by molar-refractivity contribution is 0.411. The minimum atomic E-state index is 0.220. The van der Waals surface area contributed by atoms with E-state index in [4.69, 9.17) is 16.3 Å². The van der Waals surface area contributed by atoms with E-state index < -0.39 is 0 Å². The Kier molecular flexibility index (Phi) is 6.09. The van der Waals surface area contributed by atoms with Crippen molar-refractivity contribution >= 4 is 27.5 Å². The monoisotopic (exact) mass is 367 g/mol. The molecule has 21 heavy (non-hydrogen) atoms. The predicted molar refractivity (Wildman–Crippen MR) is 92.3 cm³/mol. The third kappa shape index (κ3) is 4.22. The van der Waals surface area contributed by atoms with Crippen LogP contribution in [0.4, 0.5) is 0 Å². The molecule has 2 aromatic carbocycles. The van der Waals surface area contributed by atoms with E-state index in [0.29, 0.717) is 0 Å². The number of benzene rings is 2. The van der Waals surface area contributed by atoms with Crippen LogP contribution in [0.1, 0.15) is 24.1 Å². The Morgan fingerprint density at radius 2 is 2.00 bits per heavy atom. The second-order valence-corrected chi connectivity index (χ2v) is 6.06. The van der Waals surface area contributed by atoms with Gasteiger partial charge in [-0.3, -0.25) is 0 Å². The van der Waals surface area contributed by atoms with E-state index in [1.807, 2.05) is 24.3 Å². The Balaban J connectivity index is 2.26. The first-order valence-electron chi connectivity index (χ1n) is 6.96. The molecule has 0 aliphatic carbocycles. The molecule has 0 amide bonds. The fourth-order valence-electron chi connectivity index (χ4n) is 2.34. The SMILES string of the molecule is CCNC(Cc1ccccc1Cl)c1ccc(OC)c(Br)c1. The number of hydrogen-bond acceptors (Lipinski definition) is 2. The predicted octanol–water partition coefficient (Wildman–Crippen LogP) is 5.00. The normalized spacial score (nSPS) is 12.2. The summed E-state index contributed by atoms with van der Waals surface area (Å²) >= 11 is 9.83. The van der Waals surface area contributed by atoms with E-state index in [-0.39, 0.29) is 6.04 Å². The molecule has 0 aliphatic heterocycles. The van der Waals surface area contributed by atoms with Crippen LogP contribution < -0.4 is 10.1 Å². The summed E-state index contributed by atoms with van der Waals surface area (Å²) in [5, 5.41) is 4.33. The summed E-state index contributed by atoms with van der Waals surface area (Å²) in [6.45, 7) is 3.01. The third-order valence-corrected chi connectivity index (χ3v) is 4.40. The number of halogens is 2. The minimum Gasteiger partial charge on any atom is -0.496 e. The molecule has 0 saturated carbocycles. The number of hydrogen-bond donors (Lipinski definition) is 1. The minimum absolute atomic E-state index is 0.220. The topological polar surface area (TPSA) is 21.3 Å². The van der Waals surface area contributed by atoms with Crippen LogP contribution in [-0.2, 0) is 6.42 Å². The molecule has 2 aromatic rings. The van der Waals surface area contributed by atoms with Gasteiger partial charge in [-0.2, -0.15) is 0 Å². The van der Waals surface area contributed by atoms with Crippen LogP contribution in [0.3, 0.4) is 0 Å². The summed E-state index contributed by atoms with van der Waals surface area (Å²) in [5.41, 5.74) is 2.36. The van der Waals surface area contributed by atoms with Crippen molar-refractivity contribution in [3.05, 3.63) is 63.1 Å². The van der Waals surface area contributed by atoms with Gasteiger partial charge >= 0.3 is 0 Å². The maximum atomic E-state index is 6.28. The number of likely N-dealkylation sites (N-methyl/N-ethyl adjacent to an activating group) is 1. The first kappa shape index (κ1) is 16.3. The maximum absolute atomic E-state index is 6.28. The Labute approximate surface area is 139 Å². The number of rotatable bonds is 6. The van der Waals surface area contributed by atoms with Crippen LogP contribution in [0, 0.1) is 0 Å². The molecule has 0 spiro atoms. The van der Waals surface area contributed by atoms with E-state index in [1.54, 1.807) is 7.11 Å². The van der Waals surface area contributed by atoms with Crippen LogP contribution in [-0.4, -0.2) is 13.7 Å². The van der Waals surface area contributed by atoms with Gasteiger partial charge in [-0.1, -0.05) is 42.8 Å². The van der Waals surface area contributed by atoms with Crippen molar-refractivity contribution in [3.63, 3.8) is 0 Å². The molecule has 1 N–H and O–H groups in total. The lowest BCUT2D eigenvalue weighted by Gasteiger charge is -2.20. The van der Waals surface area contributed by atoms with E-state index in [2.05, 4.69) is 46.4 Å². The molecule has 0 bridgehead atoms. The lowest BCUT2D eigenvalue weighted by Crippen LogP contribution is -2.23. The highest BCUT2D eigenvalue weighted by Gasteiger charge is 2.14. The van der Waals surface area contributed by atoms with Gasteiger partial charge in [-0.25, -0.2) is 0 Å². The fourth-order valence-corrected chi connectivity index (χ4v) is 3.11. The quantitative estimate of drug-likeness (QED) is 0.774. The Morgan fingerprint density at radius 1 is 1.24 bits per heavy atom. The van der Waals surface area contributed by atoms with Crippen molar-refractivity contribution in [2.24, 2.45) is 0 Å². The highest BCUT2D eigenvalue weighted by Crippen LogP contribution is 2.30. The molecule has 4 heteroatoms. The standard InChI is InChI=1S/C17H19BrClNO/c1-3-20-16(11-12-6-4-5-7-15(12)19)13-8-9-17(21-2)14(18)10-13/h4-10,16,20H,3,11H2,1-2H3. The van der Waals surface area contributed by atoms with E-state index in [9.17, 15) is 0 Å². The van der Waals surface area contributed by atoms with Gasteiger partial charge in [-0.15, -0.1) is 0 Å². The molecule has 1 atom stereocenters. The second-order valence-electron chi connectivity index (χ2n) is 4.80. The van der Waals surface area contributed by atoms with Gasteiger partial charge < -0.3 is 10.1 Å². The molecule has 0 heterocycles. The zero-order valence-corrected chi connectivity index (χ0v) is 14.5. The van der Waals surface area contributed by atoms with Crippen molar-refractivity contribution in [1.29, 1.82) is 0 Å². The van der Waals surface area contributed by atoms with Crippen LogP contribution in [0.2, 0.25) is 5.02 Å². The first-order chi connectivity index (χ1) is 10.2. The summed E-state index contributed by atoms with van der Waals surface area (Å²) in [5.74, 6) is 0.840. The van der Waals surface area contributed by atoms with E-state index >= 15 is 0 Å². The molecular formula is C17H19BrClNO. The smallest absolute Gasteiger partial charge is 0.133 e. The largest absolute Gasteiger partial charge is 0.496 e. The molecule has 0 aliphatic rings. The van der Waals surface area contributed by atoms with E-state index in [1.165, 1.54) is 5.56 Å². The number of ether oxygens (including phenoxy) is 1. The van der Waals surface area contributed by atoms with Crippen molar-refractivity contribution in [3.8, 4) is 5.75 Å². The summed E-state index contributed by atoms with van der Waals surface area (Å²) in [4.78, 5) is 0. The highest BCUT2D eigenvalue weighted by atomic mass is 79.9. The number of methoxy groups -OCH3 is 1. The Hall–Kier alpha value is -1.03. The molecule has 2 rings (SSSR count). The van der Waals surface area contributed by atoms with Gasteiger partial charge in [0.25, 0.3) is 0 Å². The van der Waals surface area contributed by atoms with Crippen molar-refractivity contribution in [2.75, 3.05) is 13.7 Å². The molecular weight excluding hydrogens is 350 g/mol. The van der Waals surface area contributed by atoms with Crippen LogP contribution in [0.5, 0.6) is 5.75 Å². The van der Waals surface area contributed by atoms with Gasteiger partial charge in [0.1, 0.15) is 5.75 Å². The molecule has 2 nitrogen and oxygen atoms in total. The summed E-state index contributed by atoms with van der Waals surface area (Å²) in [6.07, 6.45) is 0.853. The summed E-state index contributed by atoms with van der Waals surface area (Å²) in [7, 11) is 1.67.